The molecule has 2 aliphatic rings. The molecule has 7 heteroatoms. The van der Waals surface area contributed by atoms with Crippen LogP contribution in [0.15, 0.2) is 30.3 Å². The molecule has 29 heavy (non-hydrogen) atoms. The Hall–Kier alpha value is -2.70. The van der Waals surface area contributed by atoms with Crippen LogP contribution in [0.4, 0.5) is 16.3 Å². The van der Waals surface area contributed by atoms with Gasteiger partial charge >= 0.3 is 6.03 Å². The van der Waals surface area contributed by atoms with Crippen molar-refractivity contribution in [2.75, 3.05) is 29.9 Å². The number of nitrogens with zero attached hydrogens (tertiary/aromatic N) is 2. The van der Waals surface area contributed by atoms with Crippen molar-refractivity contribution in [2.45, 2.75) is 57.4 Å². The first kappa shape index (κ1) is 19.6. The van der Waals surface area contributed by atoms with Crippen molar-refractivity contribution in [3.05, 3.63) is 36.0 Å². The van der Waals surface area contributed by atoms with E-state index in [2.05, 4.69) is 38.7 Å². The molecule has 3 N–H and O–H groups in total. The predicted molar refractivity (Wildman–Crippen MR) is 115 cm³/mol. The number of nitrogens with one attached hydrogen (secondary N) is 3. The van der Waals surface area contributed by atoms with Gasteiger partial charge in [0.05, 0.1) is 6.61 Å². The Morgan fingerprint density at radius 1 is 1.21 bits per heavy atom. The van der Waals surface area contributed by atoms with E-state index in [1.165, 1.54) is 18.5 Å². The van der Waals surface area contributed by atoms with Gasteiger partial charge in [0.25, 0.3) is 0 Å². The summed E-state index contributed by atoms with van der Waals surface area (Å²) in [6.45, 7) is 4.68. The maximum atomic E-state index is 12.3. The average Bonchev–Trinajstić information content (AvgIpc) is 3.47. The van der Waals surface area contributed by atoms with Crippen molar-refractivity contribution in [1.29, 1.82) is 0 Å². The highest BCUT2D eigenvalue weighted by molar-refractivity contribution is 5.89. The zero-order valence-corrected chi connectivity index (χ0v) is 17.1. The average molecular weight is 398 g/mol. The fourth-order valence-electron chi connectivity index (χ4n) is 3.67. The number of unbranched alkanes of at least 4 members (excludes halogenated alkanes) is 1. The fraction of sp³-hybridized carbons (Fsp3) is 0.545. The molecule has 1 aliphatic carbocycles. The minimum atomic E-state index is -0.154. The number of H-pyrrole nitrogens is 1. The van der Waals surface area contributed by atoms with Gasteiger partial charge < -0.3 is 20.3 Å². The molecule has 1 aromatic carbocycles. The molecule has 1 saturated heterocycles. The molecule has 0 radical (unpaired) electrons. The Bertz CT molecular complexity index is 792. The number of hydrogen-bond acceptors (Lipinski definition) is 4. The molecule has 1 aliphatic heterocycles. The minimum absolute atomic E-state index is 0.154. The van der Waals surface area contributed by atoms with Crippen LogP contribution in [0.25, 0.3) is 0 Å². The molecule has 1 saturated carbocycles. The highest BCUT2D eigenvalue weighted by Crippen LogP contribution is 2.40. The smallest absolute Gasteiger partial charge is 0.319 e. The van der Waals surface area contributed by atoms with Gasteiger partial charge in [0.15, 0.2) is 5.82 Å². The van der Waals surface area contributed by atoms with Gasteiger partial charge in [-0.15, -0.1) is 0 Å². The number of urea groups is 1. The molecule has 0 atom stereocenters. The van der Waals surface area contributed by atoms with Gasteiger partial charge in [-0.1, -0.05) is 13.3 Å². The number of carbonyl (C=O) groups excluding carboxylic acids is 1. The zero-order valence-electron chi connectivity index (χ0n) is 17.1. The van der Waals surface area contributed by atoms with Crippen molar-refractivity contribution in [1.82, 2.24) is 15.5 Å². The minimum Gasteiger partial charge on any atom is -0.494 e. The summed E-state index contributed by atoms with van der Waals surface area (Å²) in [7, 11) is 0. The number of anilines is 2. The molecule has 0 unspecified atom stereocenters. The van der Waals surface area contributed by atoms with E-state index < -0.39 is 0 Å². The lowest BCUT2D eigenvalue weighted by Crippen LogP contribution is -2.46. The molecule has 4 rings (SSSR count). The number of piperidine rings is 1. The van der Waals surface area contributed by atoms with Crippen LogP contribution in [0.2, 0.25) is 0 Å². The molecule has 2 aromatic rings. The van der Waals surface area contributed by atoms with Crippen LogP contribution in [-0.4, -0.2) is 42.0 Å². The molecular formula is C22H31N5O2. The van der Waals surface area contributed by atoms with Crippen LogP contribution in [0, 0.1) is 0 Å². The van der Waals surface area contributed by atoms with Crippen LogP contribution in [-0.2, 0) is 0 Å². The number of aromatic nitrogens is 2. The van der Waals surface area contributed by atoms with Crippen LogP contribution < -0.4 is 20.3 Å². The fourth-order valence-corrected chi connectivity index (χ4v) is 3.67. The van der Waals surface area contributed by atoms with Crippen molar-refractivity contribution in [3.63, 3.8) is 0 Å². The summed E-state index contributed by atoms with van der Waals surface area (Å²) in [4.78, 5) is 14.6. The monoisotopic (exact) mass is 397 g/mol. The maximum absolute atomic E-state index is 12.3. The molecular weight excluding hydrogens is 366 g/mol. The number of aromatic amines is 1. The van der Waals surface area contributed by atoms with Gasteiger partial charge in [-0.05, 0) is 56.4 Å². The van der Waals surface area contributed by atoms with E-state index in [0.29, 0.717) is 5.92 Å². The van der Waals surface area contributed by atoms with E-state index in [9.17, 15) is 4.79 Å². The van der Waals surface area contributed by atoms with Gasteiger partial charge in [0.1, 0.15) is 5.75 Å². The SMILES string of the molecule is CCCCOc1ccc(NC(=O)NC2CCN(c3cc(C4CC4)[nH]n3)CC2)cc1. The maximum Gasteiger partial charge on any atom is 0.319 e. The Kier molecular flexibility index (Phi) is 6.22. The van der Waals surface area contributed by atoms with E-state index in [1.54, 1.807) is 0 Å². The first-order valence-electron chi connectivity index (χ1n) is 10.8. The summed E-state index contributed by atoms with van der Waals surface area (Å²) in [6, 6.07) is 9.75. The lowest BCUT2D eigenvalue weighted by atomic mass is 10.1. The summed E-state index contributed by atoms with van der Waals surface area (Å²) < 4.78 is 5.65. The second-order valence-corrected chi connectivity index (χ2v) is 8.04. The van der Waals surface area contributed by atoms with E-state index in [-0.39, 0.29) is 12.1 Å². The Balaban J connectivity index is 1.19. The molecule has 2 heterocycles. The molecule has 2 fully saturated rings. The summed E-state index contributed by atoms with van der Waals surface area (Å²) in [5.74, 6) is 2.56. The van der Waals surface area contributed by atoms with Gasteiger partial charge in [-0.2, -0.15) is 5.10 Å². The molecule has 2 amide bonds. The van der Waals surface area contributed by atoms with Gasteiger partial charge in [-0.3, -0.25) is 5.10 Å². The molecule has 1 aromatic heterocycles. The number of rotatable bonds is 8. The van der Waals surface area contributed by atoms with Gasteiger partial charge in [0.2, 0.25) is 0 Å². The third kappa shape index (κ3) is 5.43. The lowest BCUT2D eigenvalue weighted by Gasteiger charge is -2.32. The number of ether oxygens (including phenoxy) is 1. The largest absolute Gasteiger partial charge is 0.494 e. The molecule has 156 valence electrons. The lowest BCUT2D eigenvalue weighted by molar-refractivity contribution is 0.246. The van der Waals surface area contributed by atoms with E-state index in [0.717, 1.165) is 62.6 Å². The molecule has 0 bridgehead atoms. The van der Waals surface area contributed by atoms with Crippen LogP contribution >= 0.6 is 0 Å². The van der Waals surface area contributed by atoms with E-state index in [4.69, 9.17) is 4.74 Å². The number of benzene rings is 1. The Morgan fingerprint density at radius 3 is 2.66 bits per heavy atom. The van der Waals surface area contributed by atoms with Crippen molar-refractivity contribution in [3.8, 4) is 5.75 Å². The van der Waals surface area contributed by atoms with Crippen LogP contribution in [0.5, 0.6) is 5.75 Å². The highest BCUT2D eigenvalue weighted by Gasteiger charge is 2.27. The van der Waals surface area contributed by atoms with Crippen LogP contribution in [0.1, 0.15) is 57.1 Å². The third-order valence-corrected chi connectivity index (χ3v) is 5.63. The summed E-state index contributed by atoms with van der Waals surface area (Å²) in [5.41, 5.74) is 2.04. The second kappa shape index (κ2) is 9.20. The summed E-state index contributed by atoms with van der Waals surface area (Å²) >= 11 is 0. The first-order chi connectivity index (χ1) is 14.2. The van der Waals surface area contributed by atoms with Gasteiger partial charge in [-0.25, -0.2) is 4.79 Å². The summed E-state index contributed by atoms with van der Waals surface area (Å²) in [6.07, 6.45) is 6.55. The van der Waals surface area contributed by atoms with Crippen molar-refractivity contribution < 1.29 is 9.53 Å². The number of amides is 2. The third-order valence-electron chi connectivity index (χ3n) is 5.63. The van der Waals surface area contributed by atoms with E-state index in [1.807, 2.05) is 24.3 Å². The van der Waals surface area contributed by atoms with Crippen LogP contribution in [0.3, 0.4) is 0 Å². The normalized spacial score (nSPS) is 17.2. The zero-order chi connectivity index (χ0) is 20.1. The van der Waals surface area contributed by atoms with Crippen molar-refractivity contribution in [2.24, 2.45) is 0 Å². The predicted octanol–water partition coefficient (Wildman–Crippen LogP) is 4.26. The molecule has 7 nitrogen and oxygen atoms in total. The highest BCUT2D eigenvalue weighted by atomic mass is 16.5. The Morgan fingerprint density at radius 2 is 1.97 bits per heavy atom. The van der Waals surface area contributed by atoms with Crippen molar-refractivity contribution >= 4 is 17.5 Å². The number of hydrogen-bond donors (Lipinski definition) is 3. The Labute approximate surface area is 172 Å². The quantitative estimate of drug-likeness (QED) is 0.582. The van der Waals surface area contributed by atoms with Gasteiger partial charge in [0, 0.05) is 42.5 Å². The first-order valence-corrected chi connectivity index (χ1v) is 10.8. The number of carbonyl (C=O) groups is 1. The molecule has 0 spiro atoms. The second-order valence-electron chi connectivity index (χ2n) is 8.04. The summed E-state index contributed by atoms with van der Waals surface area (Å²) in [5, 5.41) is 13.6. The standard InChI is InChI=1S/C22H31N5O2/c1-2-3-14-29-19-8-6-17(7-9-19)23-22(28)24-18-10-12-27(13-11-18)21-15-20(25-26-21)16-4-5-16/h6-9,15-16,18H,2-5,10-14H2,1H3,(H,25,26)(H2,23,24,28). The topological polar surface area (TPSA) is 82.3 Å². The van der Waals surface area contributed by atoms with E-state index >= 15 is 0 Å².